The zero-order chi connectivity index (χ0) is 10.3. The first-order valence-corrected chi connectivity index (χ1v) is 4.56. The van der Waals surface area contributed by atoms with E-state index in [-0.39, 0.29) is 12.3 Å². The zero-order valence-electron chi connectivity index (χ0n) is 8.77. The van der Waals surface area contributed by atoms with Gasteiger partial charge in [-0.2, -0.15) is 0 Å². The highest BCUT2D eigenvalue weighted by atomic mass is 19.1. The Bertz CT molecular complexity index is 181. The van der Waals surface area contributed by atoms with Gasteiger partial charge in [-0.3, -0.25) is 4.39 Å². The van der Waals surface area contributed by atoms with Crippen LogP contribution in [0.1, 0.15) is 26.7 Å². The molecule has 0 aliphatic rings. The van der Waals surface area contributed by atoms with Crippen molar-refractivity contribution in [3.8, 4) is 0 Å². The monoisotopic (exact) mass is 186 g/mol. The molecule has 0 aromatic heterocycles. The Morgan fingerprint density at radius 1 is 1.62 bits per heavy atom. The molecule has 0 spiro atoms. The predicted molar refractivity (Wildman–Crippen MR) is 54.6 cm³/mol. The van der Waals surface area contributed by atoms with Crippen molar-refractivity contribution in [2.75, 3.05) is 13.8 Å². The molecule has 76 valence electrons. The fourth-order valence-corrected chi connectivity index (χ4v) is 0.829. The summed E-state index contributed by atoms with van der Waals surface area (Å²) < 4.78 is 17.2. The van der Waals surface area contributed by atoms with Gasteiger partial charge in [0.2, 0.25) is 0 Å². The van der Waals surface area contributed by atoms with Crippen LogP contribution in [0, 0.1) is 0 Å². The standard InChI is InChI=1S/C11H19FO/c1-5-11(3,13-4)8-6-10(2)7-9-12/h6,8H,2,5,7,9H2,1,3-4H3/b8-6+. The molecule has 0 aliphatic heterocycles. The van der Waals surface area contributed by atoms with Crippen LogP contribution in [-0.4, -0.2) is 19.4 Å². The van der Waals surface area contributed by atoms with Gasteiger partial charge in [-0.25, -0.2) is 0 Å². The second-order valence-electron chi connectivity index (χ2n) is 3.30. The normalized spacial score (nSPS) is 16.0. The van der Waals surface area contributed by atoms with E-state index >= 15 is 0 Å². The van der Waals surface area contributed by atoms with Gasteiger partial charge in [-0.15, -0.1) is 0 Å². The third-order valence-electron chi connectivity index (χ3n) is 2.26. The largest absolute Gasteiger partial charge is 0.374 e. The lowest BCUT2D eigenvalue weighted by atomic mass is 10.0. The topological polar surface area (TPSA) is 9.23 Å². The summed E-state index contributed by atoms with van der Waals surface area (Å²) in [6, 6.07) is 0. The molecule has 0 rings (SSSR count). The van der Waals surface area contributed by atoms with Crippen LogP contribution >= 0.6 is 0 Å². The van der Waals surface area contributed by atoms with Crippen LogP contribution in [0.2, 0.25) is 0 Å². The zero-order valence-corrected chi connectivity index (χ0v) is 8.77. The van der Waals surface area contributed by atoms with Crippen LogP contribution in [0.4, 0.5) is 4.39 Å². The summed E-state index contributed by atoms with van der Waals surface area (Å²) in [5.74, 6) is 0. The Balaban J connectivity index is 4.14. The molecule has 1 nitrogen and oxygen atoms in total. The lowest BCUT2D eigenvalue weighted by Gasteiger charge is -2.22. The van der Waals surface area contributed by atoms with E-state index in [1.165, 1.54) is 0 Å². The highest BCUT2D eigenvalue weighted by molar-refractivity contribution is 5.17. The van der Waals surface area contributed by atoms with Gasteiger partial charge in [0.05, 0.1) is 12.3 Å². The van der Waals surface area contributed by atoms with Gasteiger partial charge in [0, 0.05) is 13.5 Å². The smallest absolute Gasteiger partial charge is 0.0934 e. The molecule has 0 saturated heterocycles. The minimum atomic E-state index is -0.348. The Labute approximate surface area is 80.3 Å². The third-order valence-corrected chi connectivity index (χ3v) is 2.26. The molecular weight excluding hydrogens is 167 g/mol. The van der Waals surface area contributed by atoms with Crippen molar-refractivity contribution in [2.45, 2.75) is 32.3 Å². The van der Waals surface area contributed by atoms with Crippen molar-refractivity contribution in [3.05, 3.63) is 24.3 Å². The Morgan fingerprint density at radius 3 is 2.62 bits per heavy atom. The Hall–Kier alpha value is -0.630. The van der Waals surface area contributed by atoms with E-state index in [0.717, 1.165) is 12.0 Å². The lowest BCUT2D eigenvalue weighted by molar-refractivity contribution is 0.0456. The highest BCUT2D eigenvalue weighted by Crippen LogP contribution is 2.16. The van der Waals surface area contributed by atoms with Gasteiger partial charge >= 0.3 is 0 Å². The molecule has 0 heterocycles. The molecule has 0 aromatic carbocycles. The number of alkyl halides is 1. The van der Waals surface area contributed by atoms with Gasteiger partial charge < -0.3 is 4.74 Å². The second-order valence-corrected chi connectivity index (χ2v) is 3.30. The van der Waals surface area contributed by atoms with E-state index in [1.807, 2.05) is 26.0 Å². The van der Waals surface area contributed by atoms with Crippen molar-refractivity contribution < 1.29 is 9.13 Å². The minimum Gasteiger partial charge on any atom is -0.374 e. The third kappa shape index (κ3) is 4.83. The maximum Gasteiger partial charge on any atom is 0.0934 e. The average molecular weight is 186 g/mol. The van der Waals surface area contributed by atoms with Crippen LogP contribution in [0.5, 0.6) is 0 Å². The Morgan fingerprint density at radius 2 is 2.23 bits per heavy atom. The predicted octanol–water partition coefficient (Wildman–Crippen LogP) is 3.27. The number of ether oxygens (including phenoxy) is 1. The molecular formula is C11H19FO. The number of allylic oxidation sites excluding steroid dienone is 2. The highest BCUT2D eigenvalue weighted by Gasteiger charge is 2.15. The summed E-state index contributed by atoms with van der Waals surface area (Å²) in [6.45, 7) is 7.43. The first kappa shape index (κ1) is 12.4. The second kappa shape index (κ2) is 5.92. The quantitative estimate of drug-likeness (QED) is 0.578. The molecule has 2 heteroatoms. The van der Waals surface area contributed by atoms with Gasteiger partial charge in [0.1, 0.15) is 0 Å². The maximum absolute atomic E-state index is 11.9. The molecule has 0 saturated carbocycles. The van der Waals surface area contributed by atoms with Crippen molar-refractivity contribution in [2.24, 2.45) is 0 Å². The number of halogens is 1. The van der Waals surface area contributed by atoms with Gasteiger partial charge in [-0.05, 0) is 13.3 Å². The van der Waals surface area contributed by atoms with Crippen molar-refractivity contribution in [1.82, 2.24) is 0 Å². The van der Waals surface area contributed by atoms with E-state index in [9.17, 15) is 4.39 Å². The van der Waals surface area contributed by atoms with E-state index < -0.39 is 0 Å². The number of methoxy groups -OCH3 is 1. The average Bonchev–Trinajstić information content (AvgIpc) is 2.15. The number of hydrogen-bond acceptors (Lipinski definition) is 1. The van der Waals surface area contributed by atoms with Crippen LogP contribution < -0.4 is 0 Å². The van der Waals surface area contributed by atoms with E-state index in [4.69, 9.17) is 4.74 Å². The van der Waals surface area contributed by atoms with Crippen LogP contribution in [0.3, 0.4) is 0 Å². The minimum absolute atomic E-state index is 0.251. The lowest BCUT2D eigenvalue weighted by Crippen LogP contribution is -2.22. The molecule has 0 aromatic rings. The summed E-state index contributed by atoms with van der Waals surface area (Å²) in [5.41, 5.74) is 0.554. The molecule has 0 N–H and O–H groups in total. The molecule has 13 heavy (non-hydrogen) atoms. The van der Waals surface area contributed by atoms with Crippen molar-refractivity contribution in [1.29, 1.82) is 0 Å². The molecule has 1 atom stereocenters. The first-order chi connectivity index (χ1) is 6.08. The van der Waals surface area contributed by atoms with E-state index in [2.05, 4.69) is 6.58 Å². The van der Waals surface area contributed by atoms with Gasteiger partial charge in [0.15, 0.2) is 0 Å². The molecule has 0 bridgehead atoms. The van der Waals surface area contributed by atoms with E-state index in [0.29, 0.717) is 6.42 Å². The summed E-state index contributed by atoms with van der Waals surface area (Å²) in [7, 11) is 1.67. The number of rotatable bonds is 6. The van der Waals surface area contributed by atoms with Crippen molar-refractivity contribution >= 4 is 0 Å². The molecule has 0 radical (unpaired) electrons. The fraction of sp³-hybridized carbons (Fsp3) is 0.636. The first-order valence-electron chi connectivity index (χ1n) is 4.56. The van der Waals surface area contributed by atoms with Gasteiger partial charge in [-0.1, -0.05) is 31.2 Å². The summed E-state index contributed by atoms with van der Waals surface area (Å²) in [4.78, 5) is 0. The molecule has 0 fully saturated rings. The van der Waals surface area contributed by atoms with E-state index in [1.54, 1.807) is 7.11 Å². The van der Waals surface area contributed by atoms with Crippen LogP contribution in [0.25, 0.3) is 0 Å². The number of hydrogen-bond donors (Lipinski definition) is 0. The molecule has 0 amide bonds. The van der Waals surface area contributed by atoms with Crippen LogP contribution in [0.15, 0.2) is 24.3 Å². The van der Waals surface area contributed by atoms with Crippen LogP contribution in [-0.2, 0) is 4.74 Å². The summed E-state index contributed by atoms with van der Waals surface area (Å²) >= 11 is 0. The van der Waals surface area contributed by atoms with Crippen molar-refractivity contribution in [3.63, 3.8) is 0 Å². The fourth-order valence-electron chi connectivity index (χ4n) is 0.829. The maximum atomic E-state index is 11.9. The SMILES string of the molecule is C=C(/C=C/C(C)(CC)OC)CCF. The molecule has 1 unspecified atom stereocenters. The summed E-state index contributed by atoms with van der Waals surface area (Å²) in [6.07, 6.45) is 5.07. The molecule has 0 aliphatic carbocycles. The van der Waals surface area contributed by atoms with Gasteiger partial charge in [0.25, 0.3) is 0 Å². The summed E-state index contributed by atoms with van der Waals surface area (Å²) in [5, 5.41) is 0. The Kier molecular flexibility index (Phi) is 5.63.